The van der Waals surface area contributed by atoms with Crippen LogP contribution in [0.2, 0.25) is 0 Å². The second-order valence-corrected chi connectivity index (χ2v) is 7.78. The maximum absolute atomic E-state index is 11.9. The van der Waals surface area contributed by atoms with Crippen molar-refractivity contribution in [3.05, 3.63) is 48.6 Å². The zero-order valence-electron chi connectivity index (χ0n) is 11.6. The fraction of sp³-hybridized carbons (Fsp3) is 0.438. The lowest BCUT2D eigenvalue weighted by molar-refractivity contribution is -0.122. The SMILES string of the molecule is C=CC1(NC(=O)C(Cl)(Cl)Cl)CCC(c2ccccc2)CC1. The summed E-state index contributed by atoms with van der Waals surface area (Å²) >= 11 is 16.9. The summed E-state index contributed by atoms with van der Waals surface area (Å²) in [6.45, 7) is 3.85. The summed E-state index contributed by atoms with van der Waals surface area (Å²) in [5.41, 5.74) is 0.856. The van der Waals surface area contributed by atoms with Crippen molar-refractivity contribution in [2.45, 2.75) is 40.9 Å². The van der Waals surface area contributed by atoms with Gasteiger partial charge in [0, 0.05) is 0 Å². The number of halogens is 3. The minimum atomic E-state index is -1.94. The number of benzene rings is 1. The van der Waals surface area contributed by atoms with Gasteiger partial charge in [-0.05, 0) is 37.2 Å². The van der Waals surface area contributed by atoms with Crippen LogP contribution in [0.1, 0.15) is 37.2 Å². The maximum atomic E-state index is 11.9. The Kier molecular flexibility index (Phi) is 5.24. The Labute approximate surface area is 140 Å². The second kappa shape index (κ2) is 6.60. The molecule has 0 unspecified atom stereocenters. The molecule has 0 radical (unpaired) electrons. The molecule has 0 atom stereocenters. The fourth-order valence-corrected chi connectivity index (χ4v) is 3.01. The molecule has 2 nitrogen and oxygen atoms in total. The average molecular weight is 347 g/mol. The predicted octanol–water partition coefficient (Wildman–Crippen LogP) is 4.76. The molecule has 5 heteroatoms. The molecule has 1 aromatic rings. The molecular formula is C16H18Cl3NO. The van der Waals surface area contributed by atoms with Gasteiger partial charge in [0.1, 0.15) is 0 Å². The molecule has 0 saturated heterocycles. The summed E-state index contributed by atoms with van der Waals surface area (Å²) in [4.78, 5) is 11.9. The molecule has 21 heavy (non-hydrogen) atoms. The molecule has 1 amide bonds. The van der Waals surface area contributed by atoms with Crippen LogP contribution in [0.3, 0.4) is 0 Å². The van der Waals surface area contributed by atoms with Crippen LogP contribution in [0, 0.1) is 0 Å². The van der Waals surface area contributed by atoms with Gasteiger partial charge in [0.15, 0.2) is 0 Å². The van der Waals surface area contributed by atoms with Crippen molar-refractivity contribution in [3.8, 4) is 0 Å². The van der Waals surface area contributed by atoms with Crippen LogP contribution in [-0.4, -0.2) is 15.2 Å². The third kappa shape index (κ3) is 4.15. The minimum Gasteiger partial charge on any atom is -0.343 e. The van der Waals surface area contributed by atoms with Crippen LogP contribution in [0.15, 0.2) is 43.0 Å². The van der Waals surface area contributed by atoms with Crippen molar-refractivity contribution in [3.63, 3.8) is 0 Å². The first-order chi connectivity index (χ1) is 9.86. The van der Waals surface area contributed by atoms with Crippen molar-refractivity contribution in [2.24, 2.45) is 0 Å². The Bertz CT molecular complexity index is 502. The van der Waals surface area contributed by atoms with E-state index in [-0.39, 0.29) is 0 Å². The standard InChI is InChI=1S/C16H18Cl3NO/c1-2-15(20-14(21)16(17,18)19)10-8-13(9-11-15)12-6-4-3-5-7-12/h2-7,13H,1,8-11H2,(H,20,21). The molecule has 1 N–H and O–H groups in total. The van der Waals surface area contributed by atoms with E-state index < -0.39 is 15.2 Å². The molecule has 0 heterocycles. The summed E-state index contributed by atoms with van der Waals surface area (Å²) in [7, 11) is 0. The van der Waals surface area contributed by atoms with Crippen LogP contribution < -0.4 is 5.32 Å². The van der Waals surface area contributed by atoms with Gasteiger partial charge in [-0.2, -0.15) is 0 Å². The summed E-state index contributed by atoms with van der Waals surface area (Å²) in [6.07, 6.45) is 5.29. The highest BCUT2D eigenvalue weighted by Gasteiger charge is 2.39. The van der Waals surface area contributed by atoms with Gasteiger partial charge in [0.05, 0.1) is 5.54 Å². The third-order valence-electron chi connectivity index (χ3n) is 4.16. The predicted molar refractivity (Wildman–Crippen MR) is 89.0 cm³/mol. The number of carbonyl (C=O) groups is 1. The molecule has 1 saturated carbocycles. The lowest BCUT2D eigenvalue weighted by Crippen LogP contribution is -2.52. The van der Waals surface area contributed by atoms with E-state index in [9.17, 15) is 4.79 Å². The minimum absolute atomic E-state index is 0.480. The number of carbonyl (C=O) groups excluding carboxylic acids is 1. The Morgan fingerprint density at radius 3 is 2.29 bits per heavy atom. The van der Waals surface area contributed by atoms with E-state index in [1.54, 1.807) is 6.08 Å². The highest BCUT2D eigenvalue weighted by molar-refractivity contribution is 6.76. The normalized spacial score (nSPS) is 26.1. The van der Waals surface area contributed by atoms with Gasteiger partial charge in [-0.25, -0.2) is 0 Å². The zero-order valence-corrected chi connectivity index (χ0v) is 13.9. The van der Waals surface area contributed by atoms with Gasteiger partial charge in [-0.3, -0.25) is 4.79 Å². The van der Waals surface area contributed by atoms with Crippen LogP contribution in [-0.2, 0) is 4.79 Å². The van der Waals surface area contributed by atoms with E-state index in [2.05, 4.69) is 36.2 Å². The quantitative estimate of drug-likeness (QED) is 0.621. The molecule has 1 aliphatic rings. The first kappa shape index (κ1) is 16.7. The summed E-state index contributed by atoms with van der Waals surface area (Å²) in [5.74, 6) is -0.0884. The van der Waals surface area contributed by atoms with Crippen molar-refractivity contribution in [1.29, 1.82) is 0 Å². The summed E-state index contributed by atoms with van der Waals surface area (Å²) < 4.78 is -1.94. The molecule has 1 aliphatic carbocycles. The number of hydrogen-bond donors (Lipinski definition) is 1. The van der Waals surface area contributed by atoms with E-state index in [1.165, 1.54) is 5.56 Å². The fourth-order valence-electron chi connectivity index (χ4n) is 2.87. The number of alkyl halides is 3. The number of amides is 1. The molecule has 1 fully saturated rings. The summed E-state index contributed by atoms with van der Waals surface area (Å²) in [6, 6.07) is 10.4. The smallest absolute Gasteiger partial charge is 0.272 e. The van der Waals surface area contributed by atoms with Crippen molar-refractivity contribution in [1.82, 2.24) is 5.32 Å². The van der Waals surface area contributed by atoms with Gasteiger partial charge in [0.2, 0.25) is 0 Å². The number of nitrogens with one attached hydrogen (secondary N) is 1. The molecular weight excluding hydrogens is 329 g/mol. The Morgan fingerprint density at radius 2 is 1.81 bits per heavy atom. The number of hydrogen-bond acceptors (Lipinski definition) is 1. The average Bonchev–Trinajstić information content (AvgIpc) is 2.48. The van der Waals surface area contributed by atoms with Crippen molar-refractivity contribution < 1.29 is 4.79 Å². The van der Waals surface area contributed by atoms with Crippen molar-refractivity contribution >= 4 is 40.7 Å². The number of rotatable bonds is 3. The Balaban J connectivity index is 2.03. The van der Waals surface area contributed by atoms with E-state index in [0.29, 0.717) is 5.92 Å². The van der Waals surface area contributed by atoms with Crippen LogP contribution in [0.25, 0.3) is 0 Å². The maximum Gasteiger partial charge on any atom is 0.272 e. The topological polar surface area (TPSA) is 29.1 Å². The van der Waals surface area contributed by atoms with Gasteiger partial charge in [0.25, 0.3) is 9.70 Å². The molecule has 0 bridgehead atoms. The van der Waals surface area contributed by atoms with Gasteiger partial charge in [-0.1, -0.05) is 71.2 Å². The lowest BCUT2D eigenvalue weighted by atomic mass is 9.74. The molecule has 0 aromatic heterocycles. The third-order valence-corrected chi connectivity index (χ3v) is 4.67. The van der Waals surface area contributed by atoms with Crippen LogP contribution >= 0.6 is 34.8 Å². The van der Waals surface area contributed by atoms with Gasteiger partial charge >= 0.3 is 0 Å². The Morgan fingerprint density at radius 1 is 1.24 bits per heavy atom. The van der Waals surface area contributed by atoms with Gasteiger partial charge in [-0.15, -0.1) is 6.58 Å². The molecule has 0 aliphatic heterocycles. The first-order valence-electron chi connectivity index (χ1n) is 6.94. The highest BCUT2D eigenvalue weighted by atomic mass is 35.6. The zero-order chi connectivity index (χ0) is 15.5. The van der Waals surface area contributed by atoms with Gasteiger partial charge < -0.3 is 5.32 Å². The largest absolute Gasteiger partial charge is 0.343 e. The van der Waals surface area contributed by atoms with E-state index in [4.69, 9.17) is 34.8 Å². The van der Waals surface area contributed by atoms with E-state index >= 15 is 0 Å². The molecule has 114 valence electrons. The highest BCUT2D eigenvalue weighted by Crippen LogP contribution is 2.39. The molecule has 0 spiro atoms. The Hall–Kier alpha value is -0.700. The van der Waals surface area contributed by atoms with E-state index in [0.717, 1.165) is 25.7 Å². The van der Waals surface area contributed by atoms with Crippen molar-refractivity contribution in [2.75, 3.05) is 0 Å². The molecule has 2 rings (SSSR count). The van der Waals surface area contributed by atoms with Crippen LogP contribution in [0.5, 0.6) is 0 Å². The van der Waals surface area contributed by atoms with E-state index in [1.807, 2.05) is 6.07 Å². The lowest BCUT2D eigenvalue weighted by Gasteiger charge is -2.39. The first-order valence-corrected chi connectivity index (χ1v) is 8.07. The second-order valence-electron chi connectivity index (χ2n) is 5.50. The van der Waals surface area contributed by atoms with Crippen LogP contribution in [0.4, 0.5) is 0 Å². The molecule has 1 aromatic carbocycles. The summed E-state index contributed by atoms with van der Waals surface area (Å²) in [5, 5.41) is 2.84. The monoisotopic (exact) mass is 345 g/mol.